The molecule has 0 bridgehead atoms. The van der Waals surface area contributed by atoms with Gasteiger partial charge in [-0.25, -0.2) is 8.78 Å². The Balaban J connectivity index is 1.81. The highest BCUT2D eigenvalue weighted by molar-refractivity contribution is 6.30. The third-order valence-electron chi connectivity index (χ3n) is 4.23. The number of rotatable bonds is 4. The van der Waals surface area contributed by atoms with Crippen molar-refractivity contribution in [1.29, 1.82) is 0 Å². The number of hydrogen-bond donors (Lipinski definition) is 3. The number of halogens is 3. The lowest BCUT2D eigenvalue weighted by Gasteiger charge is -2.35. The van der Waals surface area contributed by atoms with Crippen molar-refractivity contribution in [3.63, 3.8) is 0 Å². The molecule has 0 radical (unpaired) electrons. The van der Waals surface area contributed by atoms with E-state index in [2.05, 4.69) is 10.6 Å². The largest absolute Gasteiger partial charge is 0.392 e. The van der Waals surface area contributed by atoms with E-state index in [1.807, 2.05) is 0 Å². The fourth-order valence-electron chi connectivity index (χ4n) is 2.84. The highest BCUT2D eigenvalue weighted by atomic mass is 35.5. The second-order valence-electron chi connectivity index (χ2n) is 5.92. The van der Waals surface area contributed by atoms with Crippen LogP contribution in [0.2, 0.25) is 5.02 Å². The van der Waals surface area contributed by atoms with E-state index < -0.39 is 29.8 Å². The second kappa shape index (κ2) is 6.68. The molecule has 1 aromatic carbocycles. The highest BCUT2D eigenvalue weighted by Crippen LogP contribution is 2.32. The quantitative estimate of drug-likeness (QED) is 0.715. The molecule has 2 aliphatic heterocycles. The van der Waals surface area contributed by atoms with Crippen molar-refractivity contribution in [2.24, 2.45) is 5.92 Å². The van der Waals surface area contributed by atoms with E-state index in [4.69, 9.17) is 16.3 Å². The summed E-state index contributed by atoms with van der Waals surface area (Å²) in [5.74, 6) is -1.90. The van der Waals surface area contributed by atoms with Gasteiger partial charge in [-0.2, -0.15) is 0 Å². The first-order valence-corrected chi connectivity index (χ1v) is 7.77. The van der Waals surface area contributed by atoms with Gasteiger partial charge in [-0.3, -0.25) is 4.79 Å². The Bertz CT molecular complexity index is 613. The molecule has 126 valence electrons. The van der Waals surface area contributed by atoms with Gasteiger partial charge < -0.3 is 20.5 Å². The Kier molecular flexibility index (Phi) is 4.82. The molecule has 3 N–H and O–H groups in total. The van der Waals surface area contributed by atoms with Crippen molar-refractivity contribution >= 4 is 17.5 Å². The fourth-order valence-corrected chi connectivity index (χ4v) is 2.99. The van der Waals surface area contributed by atoms with Crippen molar-refractivity contribution in [3.8, 4) is 0 Å². The van der Waals surface area contributed by atoms with Crippen molar-refractivity contribution in [2.45, 2.75) is 24.6 Å². The van der Waals surface area contributed by atoms with E-state index in [1.165, 1.54) is 0 Å². The minimum atomic E-state index is -0.739. The first kappa shape index (κ1) is 16.6. The number of aliphatic hydroxyl groups excluding tert-OH is 1. The van der Waals surface area contributed by atoms with Crippen LogP contribution in [0.5, 0.6) is 0 Å². The van der Waals surface area contributed by atoms with Gasteiger partial charge in [0.05, 0.1) is 36.4 Å². The van der Waals surface area contributed by atoms with Crippen LogP contribution in [0.1, 0.15) is 18.0 Å². The number of carbonyl (C=O) groups excluding carboxylic acids is 1. The van der Waals surface area contributed by atoms with Crippen LogP contribution in [0.15, 0.2) is 12.1 Å². The molecule has 0 unspecified atom stereocenters. The molecule has 8 heteroatoms. The minimum absolute atomic E-state index is 0.0482. The molecule has 0 saturated carbocycles. The molecule has 0 aliphatic carbocycles. The van der Waals surface area contributed by atoms with E-state index in [0.29, 0.717) is 19.8 Å². The fraction of sp³-hybridized carbons (Fsp3) is 0.533. The number of carbonyl (C=O) groups is 1. The maximum Gasteiger partial charge on any atom is 0.237 e. The molecule has 1 aromatic rings. The maximum atomic E-state index is 14.2. The van der Waals surface area contributed by atoms with E-state index >= 15 is 0 Å². The topological polar surface area (TPSA) is 70.6 Å². The third kappa shape index (κ3) is 3.47. The Morgan fingerprint density at radius 1 is 1.39 bits per heavy atom. The number of benzene rings is 1. The third-order valence-corrected chi connectivity index (χ3v) is 4.52. The van der Waals surface area contributed by atoms with Gasteiger partial charge in [0.25, 0.3) is 0 Å². The average molecular weight is 347 g/mol. The monoisotopic (exact) mass is 346 g/mol. The van der Waals surface area contributed by atoms with Crippen molar-refractivity contribution in [1.82, 2.24) is 10.6 Å². The van der Waals surface area contributed by atoms with Gasteiger partial charge in [-0.05, 0) is 18.6 Å². The Hall–Kier alpha value is -1.28. The molecule has 2 saturated heterocycles. The number of aliphatic hydroxyl groups is 1. The molecule has 2 heterocycles. The van der Waals surface area contributed by atoms with Gasteiger partial charge in [-0.1, -0.05) is 11.6 Å². The van der Waals surface area contributed by atoms with Crippen LogP contribution < -0.4 is 10.6 Å². The first-order chi connectivity index (χ1) is 11.0. The van der Waals surface area contributed by atoms with Crippen LogP contribution in [-0.4, -0.2) is 42.9 Å². The molecule has 0 spiro atoms. The van der Waals surface area contributed by atoms with Crippen LogP contribution in [0, 0.1) is 17.6 Å². The predicted octanol–water partition coefficient (Wildman–Crippen LogP) is 1.14. The maximum absolute atomic E-state index is 14.2. The Morgan fingerprint density at radius 2 is 2.13 bits per heavy atom. The van der Waals surface area contributed by atoms with E-state index in [1.54, 1.807) is 0 Å². The van der Waals surface area contributed by atoms with Gasteiger partial charge in [-0.15, -0.1) is 0 Å². The summed E-state index contributed by atoms with van der Waals surface area (Å²) in [5.41, 5.74) is 0.0482. The summed E-state index contributed by atoms with van der Waals surface area (Å²) in [4.78, 5) is 12.3. The highest BCUT2D eigenvalue weighted by Gasteiger charge is 2.36. The summed E-state index contributed by atoms with van der Waals surface area (Å²) < 4.78 is 33.0. The van der Waals surface area contributed by atoms with Crippen LogP contribution >= 0.6 is 11.6 Å². The smallest absolute Gasteiger partial charge is 0.237 e. The molecule has 0 aromatic heterocycles. The van der Waals surface area contributed by atoms with Gasteiger partial charge in [0, 0.05) is 18.0 Å². The van der Waals surface area contributed by atoms with Gasteiger partial charge >= 0.3 is 0 Å². The number of β-amino-alcohol motifs (C(OH)–C–C–N with tert-alkyl or cyclic N) is 1. The lowest BCUT2D eigenvalue weighted by Crippen LogP contribution is -2.48. The first-order valence-electron chi connectivity index (χ1n) is 7.39. The second-order valence-corrected chi connectivity index (χ2v) is 6.33. The number of hydrogen-bond acceptors (Lipinski definition) is 4. The van der Waals surface area contributed by atoms with Crippen LogP contribution in [0.4, 0.5) is 8.78 Å². The summed E-state index contributed by atoms with van der Waals surface area (Å²) in [6.07, 6.45) is -0.294. The normalized spacial score (nSPS) is 25.9. The number of nitrogens with one attached hydrogen (secondary N) is 2. The summed E-state index contributed by atoms with van der Waals surface area (Å²) >= 11 is 5.58. The van der Waals surface area contributed by atoms with E-state index in [9.17, 15) is 18.7 Å². The summed E-state index contributed by atoms with van der Waals surface area (Å²) in [7, 11) is 0. The lowest BCUT2D eigenvalue weighted by molar-refractivity contribution is -0.126. The molecule has 1 amide bonds. The van der Waals surface area contributed by atoms with Crippen LogP contribution in [0.25, 0.3) is 0 Å². The van der Waals surface area contributed by atoms with Crippen LogP contribution in [0.3, 0.4) is 0 Å². The molecule has 3 atom stereocenters. The summed E-state index contributed by atoms with van der Waals surface area (Å²) in [6, 6.07) is 0.664. The molecule has 5 nitrogen and oxygen atoms in total. The zero-order valence-corrected chi connectivity index (χ0v) is 12.9. The predicted molar refractivity (Wildman–Crippen MR) is 79.0 cm³/mol. The van der Waals surface area contributed by atoms with Crippen molar-refractivity contribution in [2.75, 3.05) is 19.8 Å². The zero-order valence-electron chi connectivity index (χ0n) is 12.2. The van der Waals surface area contributed by atoms with Gasteiger partial charge in [0.15, 0.2) is 0 Å². The van der Waals surface area contributed by atoms with Crippen molar-refractivity contribution < 1.29 is 23.4 Å². The van der Waals surface area contributed by atoms with E-state index in [0.717, 1.165) is 12.1 Å². The lowest BCUT2D eigenvalue weighted by atomic mass is 9.90. The van der Waals surface area contributed by atoms with Gasteiger partial charge in [0.1, 0.15) is 11.6 Å². The van der Waals surface area contributed by atoms with E-state index in [-0.39, 0.29) is 28.8 Å². The standard InChI is InChI=1S/C15H17ClF2N2O3/c16-10-3-11(17)9(2-12(10)18)14(7-5-23-6-7)20-15(22)13-1-8(21)4-19-13/h2-3,7-8,13-14,19,21H,1,4-6H2,(H,20,22)/t8-,13+,14+/m0/s1. The average Bonchev–Trinajstić information content (AvgIpc) is 2.87. The summed E-state index contributed by atoms with van der Waals surface area (Å²) in [5, 5.41) is 14.8. The minimum Gasteiger partial charge on any atom is -0.392 e. The summed E-state index contributed by atoms with van der Waals surface area (Å²) in [6.45, 7) is 1.05. The molecular weight excluding hydrogens is 330 g/mol. The molecular formula is C15H17ClF2N2O3. The molecule has 2 aliphatic rings. The molecule has 23 heavy (non-hydrogen) atoms. The molecule has 3 rings (SSSR count). The number of ether oxygens (including phenoxy) is 1. The van der Waals surface area contributed by atoms with Crippen molar-refractivity contribution in [3.05, 3.63) is 34.4 Å². The SMILES string of the molecule is O=C(N[C@@H](c1cc(F)c(Cl)cc1F)C1COC1)[C@H]1C[C@H](O)CN1. The molecule has 2 fully saturated rings. The zero-order chi connectivity index (χ0) is 16.6. The Morgan fingerprint density at radius 3 is 2.70 bits per heavy atom. The number of amides is 1. The van der Waals surface area contributed by atoms with Crippen LogP contribution in [-0.2, 0) is 9.53 Å². The van der Waals surface area contributed by atoms with Gasteiger partial charge in [0.2, 0.25) is 5.91 Å². The Labute approximate surface area is 137 Å².